The zero-order valence-corrected chi connectivity index (χ0v) is 12.0. The van der Waals surface area contributed by atoms with E-state index >= 15 is 0 Å². The molecular formula is C13H21NO3S. The van der Waals surface area contributed by atoms with Crippen LogP contribution in [0.2, 0.25) is 0 Å². The first-order valence-electron chi connectivity index (χ1n) is 6.10. The highest BCUT2D eigenvalue weighted by Gasteiger charge is 2.22. The lowest BCUT2D eigenvalue weighted by atomic mass is 10.1. The Labute approximate surface area is 109 Å². The molecule has 1 aromatic rings. The smallest absolute Gasteiger partial charge is 0.180 e. The summed E-state index contributed by atoms with van der Waals surface area (Å²) in [6.07, 6.45) is 1.69. The summed E-state index contributed by atoms with van der Waals surface area (Å²) in [5.41, 5.74) is 6.03. The van der Waals surface area contributed by atoms with Gasteiger partial charge in [0.25, 0.3) is 0 Å². The van der Waals surface area contributed by atoms with Crippen LogP contribution in [0.1, 0.15) is 26.7 Å². The van der Waals surface area contributed by atoms with Gasteiger partial charge < -0.3 is 10.5 Å². The molecule has 0 aliphatic carbocycles. The van der Waals surface area contributed by atoms with Crippen molar-refractivity contribution in [1.82, 2.24) is 0 Å². The van der Waals surface area contributed by atoms with Crippen LogP contribution in [0.5, 0.6) is 5.75 Å². The van der Waals surface area contributed by atoms with Crippen molar-refractivity contribution >= 4 is 15.5 Å². The number of ether oxygens (including phenoxy) is 1. The van der Waals surface area contributed by atoms with E-state index in [-0.39, 0.29) is 22.3 Å². The molecule has 0 aliphatic heterocycles. The second-order valence-electron chi connectivity index (χ2n) is 4.37. The van der Waals surface area contributed by atoms with Crippen LogP contribution in [0, 0.1) is 5.92 Å². The van der Waals surface area contributed by atoms with E-state index in [0.717, 1.165) is 12.8 Å². The minimum absolute atomic E-state index is 0.136. The van der Waals surface area contributed by atoms with Crippen LogP contribution in [0.3, 0.4) is 0 Å². The zero-order valence-electron chi connectivity index (χ0n) is 11.1. The lowest BCUT2D eigenvalue weighted by molar-refractivity contribution is 0.413. The van der Waals surface area contributed by atoms with Gasteiger partial charge in [0.15, 0.2) is 9.84 Å². The minimum Gasteiger partial charge on any atom is -0.497 e. The number of rotatable bonds is 6. The van der Waals surface area contributed by atoms with Gasteiger partial charge in [-0.2, -0.15) is 0 Å². The van der Waals surface area contributed by atoms with Crippen molar-refractivity contribution in [2.24, 2.45) is 5.92 Å². The Hall–Kier alpha value is -1.23. The SMILES string of the molecule is CCC(CC)CS(=O)(=O)c1cc(OC)ccc1N. The first kappa shape index (κ1) is 14.8. The maximum absolute atomic E-state index is 12.3. The fourth-order valence-corrected chi connectivity index (χ4v) is 3.83. The van der Waals surface area contributed by atoms with Crippen LogP contribution >= 0.6 is 0 Å². The third-order valence-corrected chi connectivity index (χ3v) is 5.10. The molecule has 0 spiro atoms. The summed E-state index contributed by atoms with van der Waals surface area (Å²) in [6.45, 7) is 4.00. The number of benzene rings is 1. The van der Waals surface area contributed by atoms with Gasteiger partial charge in [-0.25, -0.2) is 8.42 Å². The van der Waals surface area contributed by atoms with Gasteiger partial charge in [0.05, 0.1) is 23.4 Å². The van der Waals surface area contributed by atoms with Crippen molar-refractivity contribution in [3.05, 3.63) is 18.2 Å². The monoisotopic (exact) mass is 271 g/mol. The average Bonchev–Trinajstić information content (AvgIpc) is 2.36. The number of methoxy groups -OCH3 is 1. The van der Waals surface area contributed by atoms with Gasteiger partial charge in [-0.1, -0.05) is 26.7 Å². The summed E-state index contributed by atoms with van der Waals surface area (Å²) in [5, 5.41) is 0. The molecule has 2 N–H and O–H groups in total. The van der Waals surface area contributed by atoms with Crippen LogP contribution in [-0.2, 0) is 9.84 Å². The number of sulfone groups is 1. The predicted octanol–water partition coefficient (Wildman–Crippen LogP) is 2.49. The van der Waals surface area contributed by atoms with Crippen LogP contribution in [0.25, 0.3) is 0 Å². The Bertz CT molecular complexity index is 493. The van der Waals surface area contributed by atoms with Gasteiger partial charge in [0.1, 0.15) is 5.75 Å². The molecule has 0 aromatic heterocycles. The molecule has 5 heteroatoms. The molecule has 0 aliphatic rings. The molecule has 1 rings (SSSR count). The minimum atomic E-state index is -3.35. The highest BCUT2D eigenvalue weighted by atomic mass is 32.2. The zero-order chi connectivity index (χ0) is 13.8. The molecule has 18 heavy (non-hydrogen) atoms. The van der Waals surface area contributed by atoms with Gasteiger partial charge in [0, 0.05) is 6.07 Å². The second kappa shape index (κ2) is 6.09. The molecule has 4 nitrogen and oxygen atoms in total. The summed E-state index contributed by atoms with van der Waals surface area (Å²) in [5.74, 6) is 0.810. The summed E-state index contributed by atoms with van der Waals surface area (Å²) in [7, 11) is -1.85. The highest BCUT2D eigenvalue weighted by molar-refractivity contribution is 7.91. The fraction of sp³-hybridized carbons (Fsp3) is 0.538. The molecule has 0 heterocycles. The Kier molecular flexibility index (Phi) is 5.02. The van der Waals surface area contributed by atoms with Crippen LogP contribution in [0.15, 0.2) is 23.1 Å². The molecule has 1 aromatic carbocycles. The molecule has 0 saturated heterocycles. The van der Waals surface area contributed by atoms with Crippen LogP contribution < -0.4 is 10.5 Å². The van der Waals surface area contributed by atoms with Crippen molar-refractivity contribution in [2.75, 3.05) is 18.6 Å². The largest absolute Gasteiger partial charge is 0.497 e. The number of hydrogen-bond acceptors (Lipinski definition) is 4. The predicted molar refractivity (Wildman–Crippen MR) is 73.5 cm³/mol. The van der Waals surface area contributed by atoms with Crippen LogP contribution in [0.4, 0.5) is 5.69 Å². The fourth-order valence-electron chi connectivity index (χ4n) is 1.84. The van der Waals surface area contributed by atoms with E-state index in [9.17, 15) is 8.42 Å². The van der Waals surface area contributed by atoms with Gasteiger partial charge in [-0.3, -0.25) is 0 Å². The molecule has 0 bridgehead atoms. The van der Waals surface area contributed by atoms with Gasteiger partial charge in [-0.15, -0.1) is 0 Å². The normalized spacial score (nSPS) is 11.8. The molecule has 0 atom stereocenters. The molecule has 0 amide bonds. The third-order valence-electron chi connectivity index (χ3n) is 3.17. The Morgan fingerprint density at radius 2 is 1.89 bits per heavy atom. The Balaban J connectivity index is 3.11. The number of nitrogen functional groups attached to an aromatic ring is 1. The highest BCUT2D eigenvalue weighted by Crippen LogP contribution is 2.27. The van der Waals surface area contributed by atoms with E-state index in [2.05, 4.69) is 0 Å². The molecular weight excluding hydrogens is 250 g/mol. The van der Waals surface area contributed by atoms with Crippen molar-refractivity contribution in [2.45, 2.75) is 31.6 Å². The van der Waals surface area contributed by atoms with Crippen molar-refractivity contribution in [3.8, 4) is 5.75 Å². The third kappa shape index (κ3) is 3.38. The number of hydrogen-bond donors (Lipinski definition) is 1. The van der Waals surface area contributed by atoms with Gasteiger partial charge >= 0.3 is 0 Å². The van der Waals surface area contributed by atoms with E-state index in [0.29, 0.717) is 5.75 Å². The summed E-state index contributed by atoms with van der Waals surface area (Å²) in [4.78, 5) is 0.175. The Morgan fingerprint density at radius 3 is 2.39 bits per heavy atom. The quantitative estimate of drug-likeness (QED) is 0.807. The van der Waals surface area contributed by atoms with E-state index in [4.69, 9.17) is 10.5 Å². The summed E-state index contributed by atoms with van der Waals surface area (Å²) in [6, 6.07) is 4.72. The van der Waals surface area contributed by atoms with E-state index in [1.54, 1.807) is 12.1 Å². The molecule has 0 radical (unpaired) electrons. The average molecular weight is 271 g/mol. The molecule has 0 unspecified atom stereocenters. The van der Waals surface area contributed by atoms with E-state index in [1.165, 1.54) is 13.2 Å². The van der Waals surface area contributed by atoms with Crippen LogP contribution in [-0.4, -0.2) is 21.3 Å². The summed E-state index contributed by atoms with van der Waals surface area (Å²) < 4.78 is 29.7. The number of anilines is 1. The molecule has 102 valence electrons. The van der Waals surface area contributed by atoms with Crippen molar-refractivity contribution < 1.29 is 13.2 Å². The van der Waals surface area contributed by atoms with Crippen molar-refractivity contribution in [3.63, 3.8) is 0 Å². The Morgan fingerprint density at radius 1 is 1.28 bits per heavy atom. The first-order valence-corrected chi connectivity index (χ1v) is 7.76. The lowest BCUT2D eigenvalue weighted by Gasteiger charge is -2.14. The maximum atomic E-state index is 12.3. The lowest BCUT2D eigenvalue weighted by Crippen LogP contribution is -2.16. The molecule has 0 saturated carbocycles. The van der Waals surface area contributed by atoms with Crippen molar-refractivity contribution in [1.29, 1.82) is 0 Å². The molecule has 0 fully saturated rings. The topological polar surface area (TPSA) is 69.4 Å². The standard InChI is InChI=1S/C13H21NO3S/c1-4-10(5-2)9-18(15,16)13-8-11(17-3)6-7-12(13)14/h6-8,10H,4-5,9,14H2,1-3H3. The second-order valence-corrected chi connectivity index (χ2v) is 6.37. The van der Waals surface area contributed by atoms with E-state index in [1.807, 2.05) is 13.8 Å². The van der Waals surface area contributed by atoms with E-state index < -0.39 is 9.84 Å². The first-order chi connectivity index (χ1) is 8.44. The van der Waals surface area contributed by atoms with Gasteiger partial charge in [-0.05, 0) is 18.1 Å². The van der Waals surface area contributed by atoms with Gasteiger partial charge in [0.2, 0.25) is 0 Å². The summed E-state index contributed by atoms with van der Waals surface area (Å²) >= 11 is 0. The number of nitrogens with two attached hydrogens (primary N) is 1. The maximum Gasteiger partial charge on any atom is 0.180 e.